The minimum absolute atomic E-state index is 0.328. The molecular formula is C14H17Cl2NO4. The van der Waals surface area contributed by atoms with Crippen LogP contribution in [0.25, 0.3) is 0 Å². The average Bonchev–Trinajstić information content (AvgIpc) is 2.41. The van der Waals surface area contributed by atoms with E-state index in [1.54, 1.807) is 26.0 Å². The van der Waals surface area contributed by atoms with Crippen molar-refractivity contribution < 1.29 is 19.4 Å². The number of rotatable bonds is 6. The van der Waals surface area contributed by atoms with Gasteiger partial charge in [0.15, 0.2) is 6.10 Å². The first-order valence-electron chi connectivity index (χ1n) is 6.37. The molecule has 1 amide bonds. The Balaban J connectivity index is 2.62. The molecule has 0 aliphatic carbocycles. The lowest BCUT2D eigenvalue weighted by Crippen LogP contribution is -2.45. The number of hydrogen-bond acceptors (Lipinski definition) is 3. The first-order chi connectivity index (χ1) is 9.72. The zero-order valence-corrected chi connectivity index (χ0v) is 13.4. The van der Waals surface area contributed by atoms with Crippen molar-refractivity contribution in [2.45, 2.75) is 32.9 Å². The quantitative estimate of drug-likeness (QED) is 0.839. The average molecular weight is 334 g/mol. The first-order valence-corrected chi connectivity index (χ1v) is 7.13. The third-order valence-electron chi connectivity index (χ3n) is 3.08. The maximum absolute atomic E-state index is 11.9. The van der Waals surface area contributed by atoms with Crippen LogP contribution in [0.4, 0.5) is 0 Å². The van der Waals surface area contributed by atoms with Crippen LogP contribution in [-0.2, 0) is 9.59 Å². The van der Waals surface area contributed by atoms with Crippen LogP contribution in [0, 0.1) is 5.92 Å². The summed E-state index contributed by atoms with van der Waals surface area (Å²) in [6.07, 6.45) is -0.786. The second kappa shape index (κ2) is 7.52. The van der Waals surface area contributed by atoms with E-state index < -0.39 is 29.9 Å². The number of nitrogens with one attached hydrogen (secondary N) is 1. The Bertz CT molecular complexity index is 536. The predicted molar refractivity (Wildman–Crippen MR) is 81.0 cm³/mol. The van der Waals surface area contributed by atoms with Crippen LogP contribution in [0.3, 0.4) is 0 Å². The topological polar surface area (TPSA) is 75.6 Å². The van der Waals surface area contributed by atoms with E-state index in [0.717, 1.165) is 0 Å². The highest BCUT2D eigenvalue weighted by Crippen LogP contribution is 2.26. The van der Waals surface area contributed by atoms with Gasteiger partial charge in [0, 0.05) is 12.1 Å². The molecule has 0 aromatic heterocycles. The van der Waals surface area contributed by atoms with Crippen molar-refractivity contribution >= 4 is 35.1 Å². The van der Waals surface area contributed by atoms with Crippen molar-refractivity contribution in [3.63, 3.8) is 0 Å². The van der Waals surface area contributed by atoms with Crippen LogP contribution < -0.4 is 10.1 Å². The number of ether oxygens (including phenoxy) is 1. The van der Waals surface area contributed by atoms with Crippen LogP contribution in [0.5, 0.6) is 5.75 Å². The van der Waals surface area contributed by atoms with Crippen molar-refractivity contribution in [3.8, 4) is 5.75 Å². The van der Waals surface area contributed by atoms with E-state index in [1.165, 1.54) is 13.0 Å². The summed E-state index contributed by atoms with van der Waals surface area (Å²) >= 11 is 11.7. The molecule has 0 heterocycles. The number of carboxylic acids is 1. The minimum Gasteiger partial charge on any atom is -0.481 e. The number of hydrogen-bond donors (Lipinski definition) is 2. The number of benzene rings is 1. The standard InChI is InChI=1S/C14H17Cl2NO4/c1-7(14(19)20)8(2)17-13(18)9(3)21-10-4-5-11(15)12(16)6-10/h4-9H,1-3H3,(H,17,18)(H,19,20). The second-order valence-electron chi connectivity index (χ2n) is 4.76. The zero-order valence-electron chi connectivity index (χ0n) is 11.9. The largest absolute Gasteiger partial charge is 0.481 e. The van der Waals surface area contributed by atoms with Gasteiger partial charge < -0.3 is 15.2 Å². The number of aliphatic carboxylic acids is 1. The van der Waals surface area contributed by atoms with Crippen molar-refractivity contribution in [1.82, 2.24) is 5.32 Å². The van der Waals surface area contributed by atoms with Gasteiger partial charge >= 0.3 is 5.97 Å². The van der Waals surface area contributed by atoms with Crippen molar-refractivity contribution in [2.75, 3.05) is 0 Å². The fourth-order valence-electron chi connectivity index (χ4n) is 1.49. The van der Waals surface area contributed by atoms with Gasteiger partial charge in [0.2, 0.25) is 0 Å². The minimum atomic E-state index is -0.971. The molecule has 0 saturated carbocycles. The van der Waals surface area contributed by atoms with Gasteiger partial charge in [-0.05, 0) is 32.9 Å². The molecule has 3 atom stereocenters. The molecule has 3 unspecified atom stereocenters. The lowest BCUT2D eigenvalue weighted by Gasteiger charge is -2.21. The van der Waals surface area contributed by atoms with Gasteiger partial charge in [-0.1, -0.05) is 23.2 Å². The molecule has 5 nitrogen and oxygen atoms in total. The fraction of sp³-hybridized carbons (Fsp3) is 0.429. The normalized spacial score (nSPS) is 14.9. The van der Waals surface area contributed by atoms with Gasteiger partial charge in [-0.15, -0.1) is 0 Å². The van der Waals surface area contributed by atoms with Gasteiger partial charge in [-0.25, -0.2) is 0 Å². The van der Waals surface area contributed by atoms with Crippen LogP contribution >= 0.6 is 23.2 Å². The smallest absolute Gasteiger partial charge is 0.308 e. The summed E-state index contributed by atoms with van der Waals surface area (Å²) in [5, 5.41) is 12.2. The monoisotopic (exact) mass is 333 g/mol. The number of carbonyl (C=O) groups is 2. The molecule has 2 N–H and O–H groups in total. The molecule has 1 rings (SSSR count). The Hall–Kier alpha value is -1.46. The lowest BCUT2D eigenvalue weighted by molar-refractivity contribution is -0.142. The Morgan fingerprint density at radius 3 is 2.33 bits per heavy atom. The van der Waals surface area contributed by atoms with E-state index in [0.29, 0.717) is 15.8 Å². The summed E-state index contributed by atoms with van der Waals surface area (Å²) in [6.45, 7) is 4.72. The highest BCUT2D eigenvalue weighted by molar-refractivity contribution is 6.42. The summed E-state index contributed by atoms with van der Waals surface area (Å²) in [5.74, 6) is -1.65. The highest BCUT2D eigenvalue weighted by Gasteiger charge is 2.24. The molecule has 0 spiro atoms. The van der Waals surface area contributed by atoms with Crippen molar-refractivity contribution in [2.24, 2.45) is 5.92 Å². The van der Waals surface area contributed by atoms with E-state index in [-0.39, 0.29) is 0 Å². The second-order valence-corrected chi connectivity index (χ2v) is 5.57. The Labute approximate surface area is 133 Å². The summed E-state index contributed by atoms with van der Waals surface area (Å²) in [7, 11) is 0. The number of carboxylic acid groups (broad SMARTS) is 1. The maximum Gasteiger partial charge on any atom is 0.308 e. The predicted octanol–water partition coefficient (Wildman–Crippen LogP) is 2.99. The molecule has 0 aliphatic heterocycles. The van der Waals surface area contributed by atoms with Crippen LogP contribution in [0.1, 0.15) is 20.8 Å². The molecule has 0 fully saturated rings. The zero-order chi connectivity index (χ0) is 16.2. The van der Waals surface area contributed by atoms with E-state index in [1.807, 2.05) is 0 Å². The van der Waals surface area contributed by atoms with Crippen LogP contribution in [-0.4, -0.2) is 29.1 Å². The Morgan fingerprint density at radius 2 is 1.81 bits per heavy atom. The van der Waals surface area contributed by atoms with Gasteiger partial charge in [0.25, 0.3) is 5.91 Å². The number of carbonyl (C=O) groups excluding carboxylic acids is 1. The maximum atomic E-state index is 11.9. The molecule has 1 aromatic rings. The summed E-state index contributed by atoms with van der Waals surface area (Å²) < 4.78 is 5.45. The molecule has 0 saturated heterocycles. The number of halogens is 2. The third-order valence-corrected chi connectivity index (χ3v) is 3.82. The highest BCUT2D eigenvalue weighted by atomic mass is 35.5. The van der Waals surface area contributed by atoms with Gasteiger partial charge in [0.1, 0.15) is 5.75 Å². The molecule has 0 bridgehead atoms. The SMILES string of the molecule is CC(Oc1ccc(Cl)c(Cl)c1)C(=O)NC(C)C(C)C(=O)O. The van der Waals surface area contributed by atoms with E-state index in [2.05, 4.69) is 5.32 Å². The molecule has 7 heteroatoms. The first kappa shape index (κ1) is 17.6. The van der Waals surface area contributed by atoms with Gasteiger partial charge in [0.05, 0.1) is 16.0 Å². The summed E-state index contributed by atoms with van der Waals surface area (Å²) in [6, 6.07) is 4.17. The van der Waals surface area contributed by atoms with E-state index in [4.69, 9.17) is 33.0 Å². The molecule has 21 heavy (non-hydrogen) atoms. The third kappa shape index (κ3) is 5.10. The Morgan fingerprint density at radius 1 is 1.19 bits per heavy atom. The van der Waals surface area contributed by atoms with Gasteiger partial charge in [-0.2, -0.15) is 0 Å². The number of amides is 1. The summed E-state index contributed by atoms with van der Waals surface area (Å²) in [5.41, 5.74) is 0. The van der Waals surface area contributed by atoms with E-state index in [9.17, 15) is 9.59 Å². The van der Waals surface area contributed by atoms with Gasteiger partial charge in [-0.3, -0.25) is 9.59 Å². The molecule has 0 aliphatic rings. The Kier molecular flexibility index (Phi) is 6.30. The lowest BCUT2D eigenvalue weighted by atomic mass is 10.0. The molecule has 0 radical (unpaired) electrons. The van der Waals surface area contributed by atoms with Crippen LogP contribution in [0.2, 0.25) is 10.0 Å². The molecule has 116 valence electrons. The van der Waals surface area contributed by atoms with Crippen molar-refractivity contribution in [1.29, 1.82) is 0 Å². The molecular weight excluding hydrogens is 317 g/mol. The van der Waals surface area contributed by atoms with E-state index >= 15 is 0 Å². The van der Waals surface area contributed by atoms with Crippen molar-refractivity contribution in [3.05, 3.63) is 28.2 Å². The summed E-state index contributed by atoms with van der Waals surface area (Å²) in [4.78, 5) is 22.8. The fourth-order valence-corrected chi connectivity index (χ4v) is 1.78. The molecule has 1 aromatic carbocycles. The van der Waals surface area contributed by atoms with Crippen LogP contribution in [0.15, 0.2) is 18.2 Å².